The largest absolute Gasteiger partial charge is 0.398 e. The smallest absolute Gasteiger partial charge is 0.0594 e. The van der Waals surface area contributed by atoms with Crippen LogP contribution in [0.3, 0.4) is 0 Å². The fourth-order valence-electron chi connectivity index (χ4n) is 3.46. The summed E-state index contributed by atoms with van der Waals surface area (Å²) in [6.45, 7) is 5.73. The highest BCUT2D eigenvalue weighted by atomic mass is 35.5. The number of nitrogens with one attached hydrogen (secondary N) is 1. The van der Waals surface area contributed by atoms with Crippen molar-refractivity contribution in [3.05, 3.63) is 22.7 Å². The van der Waals surface area contributed by atoms with Crippen molar-refractivity contribution in [1.82, 2.24) is 4.90 Å². The second-order valence-electron chi connectivity index (χ2n) is 5.94. The van der Waals surface area contributed by atoms with Crippen LogP contribution >= 0.6 is 11.6 Å². The Kier molecular flexibility index (Phi) is 4.86. The van der Waals surface area contributed by atoms with Crippen LogP contribution in [0.25, 0.3) is 0 Å². The van der Waals surface area contributed by atoms with E-state index in [1.54, 1.807) is 6.07 Å². The minimum Gasteiger partial charge on any atom is -0.398 e. The normalized spacial score (nSPS) is 21.0. The molecule has 0 amide bonds. The number of ether oxygens (including phenoxy) is 1. The van der Waals surface area contributed by atoms with Gasteiger partial charge in [-0.15, -0.1) is 0 Å². The summed E-state index contributed by atoms with van der Waals surface area (Å²) in [5.41, 5.74) is 8.33. The molecule has 2 aliphatic rings. The van der Waals surface area contributed by atoms with Crippen molar-refractivity contribution in [2.75, 3.05) is 50.0 Å². The monoisotopic (exact) mass is 322 g/mol. The summed E-state index contributed by atoms with van der Waals surface area (Å²) in [7, 11) is 0. The summed E-state index contributed by atoms with van der Waals surface area (Å²) in [5, 5.41) is 8.25. The molecule has 3 rings (SSSR count). The summed E-state index contributed by atoms with van der Waals surface area (Å²) >= 11 is 6.14. The summed E-state index contributed by atoms with van der Waals surface area (Å²) in [6, 6.07) is 4.28. The molecule has 120 valence electrons. The van der Waals surface area contributed by atoms with Crippen molar-refractivity contribution in [2.24, 2.45) is 0 Å². The first kappa shape index (κ1) is 15.6. The van der Waals surface area contributed by atoms with Crippen LogP contribution in [0.1, 0.15) is 18.4 Å². The first-order valence-corrected chi connectivity index (χ1v) is 8.23. The van der Waals surface area contributed by atoms with Gasteiger partial charge in [0.1, 0.15) is 0 Å². The Hall–Kier alpha value is -1.30. The maximum atomic E-state index is 7.62. The molecule has 22 heavy (non-hydrogen) atoms. The lowest BCUT2D eigenvalue weighted by Crippen LogP contribution is -2.49. The first-order chi connectivity index (χ1) is 10.7. The molecule has 0 bridgehead atoms. The molecule has 5 nitrogen and oxygen atoms in total. The van der Waals surface area contributed by atoms with Gasteiger partial charge in [-0.1, -0.05) is 11.6 Å². The van der Waals surface area contributed by atoms with Gasteiger partial charge in [-0.25, -0.2) is 0 Å². The van der Waals surface area contributed by atoms with Gasteiger partial charge in [0.2, 0.25) is 0 Å². The zero-order valence-corrected chi connectivity index (χ0v) is 13.5. The number of hydrogen-bond acceptors (Lipinski definition) is 5. The van der Waals surface area contributed by atoms with E-state index in [0.717, 1.165) is 63.5 Å². The molecule has 0 radical (unpaired) electrons. The molecular weight excluding hydrogens is 300 g/mol. The highest BCUT2D eigenvalue weighted by Gasteiger charge is 2.27. The van der Waals surface area contributed by atoms with Crippen molar-refractivity contribution in [3.8, 4) is 0 Å². The Morgan fingerprint density at radius 2 is 1.86 bits per heavy atom. The average Bonchev–Trinajstić information content (AvgIpc) is 2.55. The Bertz CT molecular complexity index is 537. The van der Waals surface area contributed by atoms with Gasteiger partial charge < -0.3 is 20.8 Å². The molecule has 2 heterocycles. The fourth-order valence-corrected chi connectivity index (χ4v) is 3.68. The predicted octanol–water partition coefficient (Wildman–Crippen LogP) is 2.22. The fraction of sp³-hybridized carbons (Fsp3) is 0.562. The number of halogens is 1. The third-order valence-corrected chi connectivity index (χ3v) is 4.88. The Morgan fingerprint density at radius 1 is 1.18 bits per heavy atom. The number of nitrogens with zero attached hydrogens (tertiary/aromatic N) is 2. The molecular formula is C16H23ClN4O. The van der Waals surface area contributed by atoms with Crippen LogP contribution in [-0.4, -0.2) is 56.5 Å². The quantitative estimate of drug-likeness (QED) is 0.661. The molecule has 0 aromatic heterocycles. The van der Waals surface area contributed by atoms with Crippen LogP contribution in [0.4, 0.5) is 11.4 Å². The highest BCUT2D eigenvalue weighted by molar-refractivity contribution is 6.31. The van der Waals surface area contributed by atoms with Gasteiger partial charge in [0.25, 0.3) is 0 Å². The van der Waals surface area contributed by atoms with Crippen LogP contribution in [0.15, 0.2) is 12.1 Å². The van der Waals surface area contributed by atoms with Crippen LogP contribution in [0.2, 0.25) is 5.02 Å². The van der Waals surface area contributed by atoms with Gasteiger partial charge in [-0.3, -0.25) is 4.90 Å². The van der Waals surface area contributed by atoms with Gasteiger partial charge in [0.15, 0.2) is 0 Å². The molecule has 0 aliphatic carbocycles. The molecule has 1 aromatic rings. The van der Waals surface area contributed by atoms with Gasteiger partial charge >= 0.3 is 0 Å². The Labute approximate surface area is 136 Å². The van der Waals surface area contributed by atoms with Gasteiger partial charge in [0, 0.05) is 60.4 Å². The number of hydrogen-bond donors (Lipinski definition) is 2. The Morgan fingerprint density at radius 3 is 2.50 bits per heavy atom. The summed E-state index contributed by atoms with van der Waals surface area (Å²) < 4.78 is 5.43. The molecule has 2 fully saturated rings. The van der Waals surface area contributed by atoms with E-state index in [2.05, 4.69) is 9.80 Å². The van der Waals surface area contributed by atoms with Crippen molar-refractivity contribution < 1.29 is 4.74 Å². The minimum absolute atomic E-state index is 0.577. The second kappa shape index (κ2) is 6.86. The number of anilines is 2. The number of nitrogen functional groups attached to an aromatic ring is 1. The molecule has 3 N–H and O–H groups in total. The number of benzene rings is 1. The topological polar surface area (TPSA) is 65.6 Å². The molecule has 0 spiro atoms. The molecule has 0 saturated carbocycles. The van der Waals surface area contributed by atoms with E-state index in [1.165, 1.54) is 6.21 Å². The van der Waals surface area contributed by atoms with Crippen LogP contribution < -0.4 is 10.6 Å². The minimum atomic E-state index is 0.577. The van der Waals surface area contributed by atoms with Crippen LogP contribution in [0.5, 0.6) is 0 Å². The third kappa shape index (κ3) is 3.21. The zero-order valence-electron chi connectivity index (χ0n) is 12.7. The lowest BCUT2D eigenvalue weighted by atomic mass is 10.0. The molecule has 1 aromatic carbocycles. The molecule has 2 aliphatic heterocycles. The van der Waals surface area contributed by atoms with Gasteiger partial charge in [0.05, 0.1) is 13.2 Å². The van der Waals surface area contributed by atoms with Crippen LogP contribution in [-0.2, 0) is 4.74 Å². The number of piperidine rings is 1. The molecule has 6 heteroatoms. The molecule has 2 saturated heterocycles. The maximum Gasteiger partial charge on any atom is 0.0594 e. The predicted molar refractivity (Wildman–Crippen MR) is 91.4 cm³/mol. The summed E-state index contributed by atoms with van der Waals surface area (Å²) in [4.78, 5) is 4.85. The summed E-state index contributed by atoms with van der Waals surface area (Å²) in [6.07, 6.45) is 3.59. The van der Waals surface area contributed by atoms with E-state index in [9.17, 15) is 0 Å². The lowest BCUT2D eigenvalue weighted by Gasteiger charge is -2.41. The average molecular weight is 323 g/mol. The van der Waals surface area contributed by atoms with Crippen molar-refractivity contribution >= 4 is 29.2 Å². The third-order valence-electron chi connectivity index (χ3n) is 4.67. The second-order valence-corrected chi connectivity index (χ2v) is 6.38. The first-order valence-electron chi connectivity index (χ1n) is 7.85. The van der Waals surface area contributed by atoms with E-state index < -0.39 is 0 Å². The van der Waals surface area contributed by atoms with Gasteiger partial charge in [-0.05, 0) is 25.0 Å². The van der Waals surface area contributed by atoms with Crippen LogP contribution in [0, 0.1) is 5.41 Å². The number of nitrogens with two attached hydrogens (primary N) is 1. The molecule has 0 unspecified atom stereocenters. The van der Waals surface area contributed by atoms with Crippen molar-refractivity contribution in [1.29, 1.82) is 5.41 Å². The van der Waals surface area contributed by atoms with Gasteiger partial charge in [-0.2, -0.15) is 0 Å². The summed E-state index contributed by atoms with van der Waals surface area (Å²) in [5.74, 6) is 0. The number of morpholine rings is 1. The standard InChI is InChI=1S/C16H23ClN4O/c17-12-9-15(19)14(11-18)16(10-12)21-3-1-13(2-4-21)20-5-7-22-8-6-20/h9-11,13,18H,1-8,19H2. The van der Waals surface area contributed by atoms with E-state index >= 15 is 0 Å². The Balaban J connectivity index is 1.70. The van der Waals surface area contributed by atoms with E-state index in [4.69, 9.17) is 27.5 Å². The number of rotatable bonds is 3. The van der Waals surface area contributed by atoms with Crippen molar-refractivity contribution in [3.63, 3.8) is 0 Å². The van der Waals surface area contributed by atoms with E-state index in [0.29, 0.717) is 16.8 Å². The van der Waals surface area contributed by atoms with Crippen molar-refractivity contribution in [2.45, 2.75) is 18.9 Å². The molecule has 0 atom stereocenters. The van der Waals surface area contributed by atoms with E-state index in [-0.39, 0.29) is 0 Å². The van der Waals surface area contributed by atoms with E-state index in [1.807, 2.05) is 6.07 Å². The maximum absolute atomic E-state index is 7.62. The lowest BCUT2D eigenvalue weighted by molar-refractivity contribution is 0.0115. The zero-order chi connectivity index (χ0) is 15.5. The highest BCUT2D eigenvalue weighted by Crippen LogP contribution is 2.31. The SMILES string of the molecule is N=Cc1c(N)cc(Cl)cc1N1CCC(N2CCOCC2)CC1.